The fourth-order valence-electron chi connectivity index (χ4n) is 1.82. The molecular weight excluding hydrogens is 190 g/mol. The molecule has 1 aliphatic heterocycles. The molecule has 1 fully saturated rings. The van der Waals surface area contributed by atoms with E-state index >= 15 is 0 Å². The Morgan fingerprint density at radius 3 is 2.50 bits per heavy atom. The lowest BCUT2D eigenvalue weighted by molar-refractivity contribution is 0.362. The molecule has 14 heavy (non-hydrogen) atoms. The number of nitrogens with zero attached hydrogens (tertiary/aromatic N) is 1. The zero-order valence-corrected chi connectivity index (χ0v) is 9.30. The van der Waals surface area contributed by atoms with Gasteiger partial charge in [0.1, 0.15) is 0 Å². The Bertz CT molecular complexity index is 254. The summed E-state index contributed by atoms with van der Waals surface area (Å²) in [5, 5.41) is 0. The highest BCUT2D eigenvalue weighted by Gasteiger charge is 2.10. The number of thioether (sulfide) groups is 1. The van der Waals surface area contributed by atoms with Crippen LogP contribution in [0.4, 0.5) is 0 Å². The summed E-state index contributed by atoms with van der Waals surface area (Å²) in [6.07, 6.45) is 2.80. The first-order valence-corrected chi connectivity index (χ1v) is 6.34. The van der Waals surface area contributed by atoms with Gasteiger partial charge in [0, 0.05) is 17.2 Å². The van der Waals surface area contributed by atoms with E-state index in [1.165, 1.54) is 43.1 Å². The van der Waals surface area contributed by atoms with Gasteiger partial charge in [0.2, 0.25) is 0 Å². The van der Waals surface area contributed by atoms with E-state index in [0.29, 0.717) is 0 Å². The molecule has 0 atom stereocenters. The number of benzene rings is 1. The molecule has 0 spiro atoms. The van der Waals surface area contributed by atoms with Crippen LogP contribution in [0, 0.1) is 0 Å². The van der Waals surface area contributed by atoms with E-state index in [4.69, 9.17) is 0 Å². The summed E-state index contributed by atoms with van der Waals surface area (Å²) in [6, 6.07) is 10.7. The van der Waals surface area contributed by atoms with Crippen molar-refractivity contribution in [3.8, 4) is 0 Å². The molecule has 0 saturated carbocycles. The number of likely N-dealkylation sites (tertiary alicyclic amines) is 1. The Morgan fingerprint density at radius 2 is 1.79 bits per heavy atom. The molecule has 1 heterocycles. The maximum absolute atomic E-state index is 2.57. The predicted molar refractivity (Wildman–Crippen MR) is 62.8 cm³/mol. The predicted octanol–water partition coefficient (Wildman–Crippen LogP) is 2.87. The van der Waals surface area contributed by atoms with Gasteiger partial charge in [0.25, 0.3) is 0 Å². The van der Waals surface area contributed by atoms with Crippen LogP contribution in [-0.4, -0.2) is 30.3 Å². The summed E-state index contributed by atoms with van der Waals surface area (Å²) in [6.45, 7) is 3.88. The van der Waals surface area contributed by atoms with E-state index in [1.54, 1.807) is 0 Å². The lowest BCUT2D eigenvalue weighted by atomic mass is 10.4. The highest BCUT2D eigenvalue weighted by Crippen LogP contribution is 2.17. The van der Waals surface area contributed by atoms with Crippen molar-refractivity contribution >= 4 is 11.8 Å². The number of hydrogen-bond donors (Lipinski definition) is 0. The first-order valence-electron chi connectivity index (χ1n) is 5.35. The zero-order chi connectivity index (χ0) is 9.64. The topological polar surface area (TPSA) is 3.24 Å². The van der Waals surface area contributed by atoms with Gasteiger partial charge in [-0.05, 0) is 38.1 Å². The van der Waals surface area contributed by atoms with E-state index in [-0.39, 0.29) is 0 Å². The van der Waals surface area contributed by atoms with Crippen LogP contribution >= 0.6 is 11.8 Å². The average molecular weight is 207 g/mol. The minimum Gasteiger partial charge on any atom is -0.303 e. The van der Waals surface area contributed by atoms with Crippen LogP contribution in [0.2, 0.25) is 0 Å². The second-order valence-electron chi connectivity index (χ2n) is 3.71. The molecule has 1 nitrogen and oxygen atoms in total. The second-order valence-corrected chi connectivity index (χ2v) is 4.88. The van der Waals surface area contributed by atoms with Gasteiger partial charge in [-0.25, -0.2) is 0 Å². The minimum absolute atomic E-state index is 1.23. The molecule has 0 amide bonds. The Balaban J connectivity index is 1.67. The summed E-state index contributed by atoms with van der Waals surface area (Å²) in [7, 11) is 0. The summed E-state index contributed by atoms with van der Waals surface area (Å²) < 4.78 is 0. The fraction of sp³-hybridized carbons (Fsp3) is 0.500. The molecular formula is C12H17NS. The van der Waals surface area contributed by atoms with Gasteiger partial charge in [-0.15, -0.1) is 11.8 Å². The van der Waals surface area contributed by atoms with Crippen molar-refractivity contribution in [2.75, 3.05) is 25.4 Å². The molecule has 0 bridgehead atoms. The van der Waals surface area contributed by atoms with Gasteiger partial charge in [0.15, 0.2) is 0 Å². The highest BCUT2D eigenvalue weighted by molar-refractivity contribution is 7.99. The van der Waals surface area contributed by atoms with Crippen LogP contribution in [0.3, 0.4) is 0 Å². The molecule has 1 aromatic carbocycles. The van der Waals surface area contributed by atoms with Crippen molar-refractivity contribution in [2.45, 2.75) is 17.7 Å². The van der Waals surface area contributed by atoms with E-state index < -0.39 is 0 Å². The van der Waals surface area contributed by atoms with Crippen LogP contribution in [0.25, 0.3) is 0 Å². The number of hydrogen-bond acceptors (Lipinski definition) is 2. The lowest BCUT2D eigenvalue weighted by Crippen LogP contribution is -2.21. The van der Waals surface area contributed by atoms with Crippen LogP contribution in [0.5, 0.6) is 0 Å². The zero-order valence-electron chi connectivity index (χ0n) is 8.48. The fourth-order valence-corrected chi connectivity index (χ4v) is 2.75. The third-order valence-electron chi connectivity index (χ3n) is 2.62. The van der Waals surface area contributed by atoms with Gasteiger partial charge in [-0.2, -0.15) is 0 Å². The molecule has 0 aromatic heterocycles. The van der Waals surface area contributed by atoms with Crippen molar-refractivity contribution in [1.82, 2.24) is 4.90 Å². The second kappa shape index (κ2) is 5.42. The Kier molecular flexibility index (Phi) is 3.90. The maximum Gasteiger partial charge on any atom is 0.0108 e. The van der Waals surface area contributed by atoms with Gasteiger partial charge in [-0.3, -0.25) is 0 Å². The normalized spacial score (nSPS) is 17.4. The van der Waals surface area contributed by atoms with E-state index in [0.717, 1.165) is 0 Å². The van der Waals surface area contributed by atoms with Crippen LogP contribution in [-0.2, 0) is 0 Å². The Hall–Kier alpha value is -0.470. The molecule has 76 valence electrons. The van der Waals surface area contributed by atoms with Crippen molar-refractivity contribution in [3.05, 3.63) is 30.3 Å². The van der Waals surface area contributed by atoms with Crippen LogP contribution in [0.1, 0.15) is 12.8 Å². The summed E-state index contributed by atoms with van der Waals surface area (Å²) in [5.41, 5.74) is 0. The molecule has 1 saturated heterocycles. The van der Waals surface area contributed by atoms with Crippen molar-refractivity contribution in [2.24, 2.45) is 0 Å². The molecule has 0 N–H and O–H groups in total. The minimum atomic E-state index is 1.23. The monoisotopic (exact) mass is 207 g/mol. The average Bonchev–Trinajstić information content (AvgIpc) is 2.72. The summed E-state index contributed by atoms with van der Waals surface area (Å²) in [5.74, 6) is 1.23. The third kappa shape index (κ3) is 3.03. The van der Waals surface area contributed by atoms with Gasteiger partial charge in [-0.1, -0.05) is 18.2 Å². The highest BCUT2D eigenvalue weighted by atomic mass is 32.2. The first-order chi connectivity index (χ1) is 6.95. The van der Waals surface area contributed by atoms with Crippen molar-refractivity contribution in [3.63, 3.8) is 0 Å². The first kappa shape index (κ1) is 10.1. The van der Waals surface area contributed by atoms with Crippen molar-refractivity contribution in [1.29, 1.82) is 0 Å². The van der Waals surface area contributed by atoms with Gasteiger partial charge < -0.3 is 4.90 Å². The third-order valence-corrected chi connectivity index (χ3v) is 3.61. The molecule has 2 rings (SSSR count). The lowest BCUT2D eigenvalue weighted by Gasteiger charge is -2.13. The number of rotatable bonds is 4. The Labute approximate surface area is 90.5 Å². The van der Waals surface area contributed by atoms with Gasteiger partial charge >= 0.3 is 0 Å². The van der Waals surface area contributed by atoms with Gasteiger partial charge in [0.05, 0.1) is 0 Å². The van der Waals surface area contributed by atoms with E-state index in [1.807, 2.05) is 11.8 Å². The van der Waals surface area contributed by atoms with Crippen LogP contribution < -0.4 is 0 Å². The van der Waals surface area contributed by atoms with E-state index in [2.05, 4.69) is 35.2 Å². The standard InChI is InChI=1S/C12H17NS/c1-2-6-12(7-3-1)14-11-10-13-8-4-5-9-13/h1-3,6-7H,4-5,8-11H2. The Morgan fingerprint density at radius 1 is 1.07 bits per heavy atom. The van der Waals surface area contributed by atoms with E-state index in [9.17, 15) is 0 Å². The summed E-state index contributed by atoms with van der Waals surface area (Å²) >= 11 is 1.97. The maximum atomic E-state index is 2.57. The molecule has 1 aliphatic rings. The molecule has 2 heteroatoms. The summed E-state index contributed by atoms with van der Waals surface area (Å²) in [4.78, 5) is 3.96. The van der Waals surface area contributed by atoms with Crippen LogP contribution in [0.15, 0.2) is 35.2 Å². The molecule has 0 unspecified atom stereocenters. The largest absolute Gasteiger partial charge is 0.303 e. The smallest absolute Gasteiger partial charge is 0.0108 e. The van der Waals surface area contributed by atoms with Crippen molar-refractivity contribution < 1.29 is 0 Å². The molecule has 1 aromatic rings. The quantitative estimate of drug-likeness (QED) is 0.698. The molecule has 0 radical (unpaired) electrons. The SMILES string of the molecule is c1ccc(SCCN2CCCC2)cc1. The molecule has 0 aliphatic carbocycles.